The monoisotopic (exact) mass is 344 g/mol. The summed E-state index contributed by atoms with van der Waals surface area (Å²) < 4.78 is 23.0. The Morgan fingerprint density at radius 3 is 2.64 bits per heavy atom. The van der Waals surface area contributed by atoms with E-state index >= 15 is 0 Å². The Kier molecular flexibility index (Phi) is 5.02. The number of anilines is 1. The normalized spacial score (nSPS) is 19.9. The van der Waals surface area contributed by atoms with Crippen molar-refractivity contribution in [1.82, 2.24) is 4.90 Å². The molecule has 7 heteroatoms. The molecule has 0 saturated carbocycles. The van der Waals surface area contributed by atoms with E-state index in [1.807, 2.05) is 26.0 Å². The number of nitrogens with one attached hydrogen (secondary N) is 1. The number of hydrogen-bond donors (Lipinski definition) is 1. The molecule has 1 N–H and O–H groups in total. The van der Waals surface area contributed by atoms with Gasteiger partial charge in [-0.2, -0.15) is 0 Å². The van der Waals surface area contributed by atoms with Gasteiger partial charge in [0.15, 0.2) is 9.84 Å². The van der Waals surface area contributed by atoms with E-state index in [1.165, 1.54) is 4.90 Å². The highest BCUT2D eigenvalue weighted by molar-refractivity contribution is 7.91. The molecule has 0 bridgehead atoms. The summed E-state index contributed by atoms with van der Waals surface area (Å²) in [5.41, 5.74) is 2.78. The van der Waals surface area contributed by atoms with E-state index in [1.54, 1.807) is 7.05 Å². The first-order valence-corrected chi connectivity index (χ1v) is 9.36. The zero-order valence-electron chi connectivity index (χ0n) is 13.0. The highest BCUT2D eigenvalue weighted by atomic mass is 35.5. The van der Waals surface area contributed by atoms with Crippen LogP contribution in [0.25, 0.3) is 0 Å². The lowest BCUT2D eigenvalue weighted by atomic mass is 10.1. The molecule has 1 fully saturated rings. The lowest BCUT2D eigenvalue weighted by Gasteiger charge is -2.24. The van der Waals surface area contributed by atoms with Crippen molar-refractivity contribution in [3.05, 3.63) is 28.3 Å². The smallest absolute Gasteiger partial charge is 0.241 e. The van der Waals surface area contributed by atoms with E-state index in [-0.39, 0.29) is 30.0 Å². The molecule has 1 saturated heterocycles. The van der Waals surface area contributed by atoms with Crippen LogP contribution in [0.1, 0.15) is 17.5 Å². The number of benzene rings is 1. The second kappa shape index (κ2) is 6.46. The van der Waals surface area contributed by atoms with Gasteiger partial charge in [0.1, 0.15) is 0 Å². The van der Waals surface area contributed by atoms with Gasteiger partial charge >= 0.3 is 0 Å². The third kappa shape index (κ3) is 3.93. The predicted molar refractivity (Wildman–Crippen MR) is 89.2 cm³/mol. The van der Waals surface area contributed by atoms with Crippen molar-refractivity contribution in [2.24, 2.45) is 0 Å². The molecule has 1 unspecified atom stereocenters. The predicted octanol–water partition coefficient (Wildman–Crippen LogP) is 2.01. The lowest BCUT2D eigenvalue weighted by molar-refractivity contribution is -0.129. The first-order chi connectivity index (χ1) is 10.2. The maximum Gasteiger partial charge on any atom is 0.241 e. The fraction of sp³-hybridized carbons (Fsp3) is 0.533. The minimum Gasteiger partial charge on any atom is -0.375 e. The van der Waals surface area contributed by atoms with E-state index in [4.69, 9.17) is 11.6 Å². The SMILES string of the molecule is Cc1cc(C)c(NCC(=O)N(C)C2CCS(=O)(=O)C2)c(Cl)c1. The number of sulfone groups is 1. The number of rotatable bonds is 4. The average molecular weight is 345 g/mol. The van der Waals surface area contributed by atoms with E-state index in [9.17, 15) is 13.2 Å². The second-order valence-electron chi connectivity index (χ2n) is 5.85. The van der Waals surface area contributed by atoms with Crippen LogP contribution in [0.3, 0.4) is 0 Å². The zero-order valence-corrected chi connectivity index (χ0v) is 14.6. The number of carbonyl (C=O) groups is 1. The number of hydrogen-bond acceptors (Lipinski definition) is 4. The van der Waals surface area contributed by atoms with Crippen molar-refractivity contribution in [3.8, 4) is 0 Å². The van der Waals surface area contributed by atoms with E-state index in [0.29, 0.717) is 11.4 Å². The quantitative estimate of drug-likeness (QED) is 0.907. The van der Waals surface area contributed by atoms with Crippen molar-refractivity contribution >= 4 is 33.0 Å². The summed E-state index contributed by atoms with van der Waals surface area (Å²) in [4.78, 5) is 13.8. The highest BCUT2D eigenvalue weighted by Crippen LogP contribution is 2.27. The van der Waals surface area contributed by atoms with Gasteiger partial charge in [-0.25, -0.2) is 8.42 Å². The van der Waals surface area contributed by atoms with E-state index in [0.717, 1.165) is 16.8 Å². The molecule has 0 radical (unpaired) electrons. The maximum absolute atomic E-state index is 12.2. The minimum atomic E-state index is -2.99. The summed E-state index contributed by atoms with van der Waals surface area (Å²) in [5, 5.41) is 3.64. The first kappa shape index (κ1) is 17.1. The molecule has 0 aliphatic carbocycles. The molecular formula is C15H21ClN2O3S. The first-order valence-electron chi connectivity index (χ1n) is 7.16. The number of carbonyl (C=O) groups excluding carboxylic acids is 1. The molecule has 1 amide bonds. The molecule has 1 heterocycles. The number of likely N-dealkylation sites (N-methyl/N-ethyl adjacent to an activating group) is 1. The van der Waals surface area contributed by atoms with Crippen LogP contribution in [0.5, 0.6) is 0 Å². The van der Waals surface area contributed by atoms with Crippen molar-refractivity contribution in [3.63, 3.8) is 0 Å². The molecule has 1 atom stereocenters. The van der Waals surface area contributed by atoms with Gasteiger partial charge in [0.2, 0.25) is 5.91 Å². The van der Waals surface area contributed by atoms with Crippen LogP contribution in [-0.4, -0.2) is 50.4 Å². The van der Waals surface area contributed by atoms with Crippen LogP contribution in [0.15, 0.2) is 12.1 Å². The Labute approximate surface area is 136 Å². The topological polar surface area (TPSA) is 66.5 Å². The summed E-state index contributed by atoms with van der Waals surface area (Å²) in [5.74, 6) is 0.0729. The van der Waals surface area contributed by atoms with Crippen LogP contribution < -0.4 is 5.32 Å². The Hall–Kier alpha value is -1.27. The molecule has 0 aromatic heterocycles. The largest absolute Gasteiger partial charge is 0.375 e. The molecule has 1 aliphatic rings. The van der Waals surface area contributed by atoms with Crippen molar-refractivity contribution in [1.29, 1.82) is 0 Å². The number of nitrogens with zero attached hydrogens (tertiary/aromatic N) is 1. The second-order valence-corrected chi connectivity index (χ2v) is 8.49. The van der Waals surface area contributed by atoms with Gasteiger partial charge in [0.25, 0.3) is 0 Å². The summed E-state index contributed by atoms with van der Waals surface area (Å²) in [6.07, 6.45) is 0.509. The molecule has 22 heavy (non-hydrogen) atoms. The Balaban J connectivity index is 1.99. The molecule has 5 nitrogen and oxygen atoms in total. The van der Waals surface area contributed by atoms with Crippen LogP contribution in [0, 0.1) is 13.8 Å². The molecular weight excluding hydrogens is 324 g/mol. The van der Waals surface area contributed by atoms with Crippen LogP contribution in [0.2, 0.25) is 5.02 Å². The van der Waals surface area contributed by atoms with Crippen molar-refractivity contribution in [2.45, 2.75) is 26.3 Å². The fourth-order valence-electron chi connectivity index (χ4n) is 2.71. The van der Waals surface area contributed by atoms with Gasteiger partial charge in [-0.05, 0) is 37.5 Å². The van der Waals surface area contributed by atoms with Crippen LogP contribution in [0.4, 0.5) is 5.69 Å². The Bertz CT molecular complexity index is 665. The van der Waals surface area contributed by atoms with Gasteiger partial charge in [-0.15, -0.1) is 0 Å². The van der Waals surface area contributed by atoms with E-state index < -0.39 is 9.84 Å². The molecule has 1 aromatic carbocycles. The molecule has 0 spiro atoms. The molecule has 1 aromatic rings. The molecule has 122 valence electrons. The average Bonchev–Trinajstić information content (AvgIpc) is 2.76. The van der Waals surface area contributed by atoms with Crippen molar-refractivity contribution < 1.29 is 13.2 Å². The van der Waals surface area contributed by atoms with Crippen LogP contribution in [-0.2, 0) is 14.6 Å². The van der Waals surface area contributed by atoms with Gasteiger partial charge in [0, 0.05) is 13.1 Å². The number of halogens is 1. The standard InChI is InChI=1S/C15H21ClN2O3S/c1-10-6-11(2)15(13(16)7-10)17-8-14(19)18(3)12-4-5-22(20,21)9-12/h6-7,12,17H,4-5,8-9H2,1-3H3. The minimum absolute atomic E-state index is 0.0551. The Morgan fingerprint density at radius 2 is 2.09 bits per heavy atom. The number of aryl methyl sites for hydroxylation is 2. The molecule has 2 rings (SSSR count). The van der Waals surface area contributed by atoms with Crippen molar-refractivity contribution in [2.75, 3.05) is 30.4 Å². The van der Waals surface area contributed by atoms with Gasteiger partial charge in [-0.3, -0.25) is 4.79 Å². The van der Waals surface area contributed by atoms with Gasteiger partial charge in [-0.1, -0.05) is 17.7 Å². The highest BCUT2D eigenvalue weighted by Gasteiger charge is 2.32. The van der Waals surface area contributed by atoms with Crippen LogP contribution >= 0.6 is 11.6 Å². The summed E-state index contributed by atoms with van der Waals surface area (Å²) in [6, 6.07) is 3.61. The summed E-state index contributed by atoms with van der Waals surface area (Å²) >= 11 is 6.20. The fourth-order valence-corrected chi connectivity index (χ4v) is 4.88. The zero-order chi connectivity index (χ0) is 16.5. The summed E-state index contributed by atoms with van der Waals surface area (Å²) in [7, 11) is -1.34. The summed E-state index contributed by atoms with van der Waals surface area (Å²) in [6.45, 7) is 3.98. The molecule has 1 aliphatic heterocycles. The lowest BCUT2D eigenvalue weighted by Crippen LogP contribution is -2.41. The maximum atomic E-state index is 12.2. The van der Waals surface area contributed by atoms with Gasteiger partial charge < -0.3 is 10.2 Å². The third-order valence-corrected chi connectivity index (χ3v) is 6.05. The Morgan fingerprint density at radius 1 is 1.41 bits per heavy atom. The van der Waals surface area contributed by atoms with Gasteiger partial charge in [0.05, 0.1) is 28.8 Å². The third-order valence-electron chi connectivity index (χ3n) is 4.00. The van der Waals surface area contributed by atoms with E-state index in [2.05, 4.69) is 5.32 Å². The number of amides is 1.